The molecule has 5 heteroatoms. The molecule has 0 bridgehead atoms. The van der Waals surface area contributed by atoms with E-state index in [9.17, 15) is 5.11 Å². The summed E-state index contributed by atoms with van der Waals surface area (Å²) in [6.07, 6.45) is 1.60. The Balaban J connectivity index is 2.72. The average molecular weight is 233 g/mol. The molecule has 5 nitrogen and oxygen atoms in total. The Kier molecular flexibility index (Phi) is 2.67. The highest BCUT2D eigenvalue weighted by Gasteiger charge is 2.17. The number of methoxy groups -OCH3 is 1. The van der Waals surface area contributed by atoms with E-state index in [0.717, 1.165) is 5.56 Å². The monoisotopic (exact) mass is 233 g/mol. The number of benzene rings is 1. The number of anilines is 1. The van der Waals surface area contributed by atoms with Gasteiger partial charge in [0.05, 0.1) is 13.3 Å². The van der Waals surface area contributed by atoms with Crippen LogP contribution in [-0.4, -0.2) is 22.4 Å². The number of aromatic nitrogens is 2. The van der Waals surface area contributed by atoms with Gasteiger partial charge in [-0.05, 0) is 25.5 Å². The first-order valence-corrected chi connectivity index (χ1v) is 5.22. The van der Waals surface area contributed by atoms with E-state index in [1.165, 1.54) is 0 Å². The quantitative estimate of drug-likeness (QED) is 0.740. The number of nitrogen functional groups attached to an aromatic ring is 1. The number of aryl methyl sites for hydroxylation is 1. The number of ether oxygens (including phenoxy) is 1. The van der Waals surface area contributed by atoms with Gasteiger partial charge in [0.25, 0.3) is 0 Å². The lowest BCUT2D eigenvalue weighted by Gasteiger charge is -2.13. The highest BCUT2D eigenvalue weighted by molar-refractivity contribution is 5.82. The van der Waals surface area contributed by atoms with Crippen molar-refractivity contribution in [2.45, 2.75) is 13.8 Å². The smallest absolute Gasteiger partial charge is 0.130 e. The first-order valence-electron chi connectivity index (χ1n) is 5.22. The van der Waals surface area contributed by atoms with Crippen molar-refractivity contribution in [1.29, 1.82) is 0 Å². The second-order valence-electron chi connectivity index (χ2n) is 3.94. The molecule has 1 aromatic heterocycles. The largest absolute Gasteiger partial charge is 0.507 e. The van der Waals surface area contributed by atoms with Crippen LogP contribution >= 0.6 is 0 Å². The van der Waals surface area contributed by atoms with Crippen LogP contribution in [0.4, 0.5) is 5.82 Å². The summed E-state index contributed by atoms with van der Waals surface area (Å²) in [7, 11) is 1.58. The molecule has 0 aliphatic heterocycles. The highest BCUT2D eigenvalue weighted by atomic mass is 16.5. The molecular weight excluding hydrogens is 218 g/mol. The summed E-state index contributed by atoms with van der Waals surface area (Å²) in [6, 6.07) is 1.87. The molecule has 2 rings (SSSR count). The van der Waals surface area contributed by atoms with Gasteiger partial charge in [-0.15, -0.1) is 0 Å². The van der Waals surface area contributed by atoms with Gasteiger partial charge in [0.1, 0.15) is 17.3 Å². The summed E-state index contributed by atoms with van der Waals surface area (Å²) in [4.78, 5) is 0. The third kappa shape index (κ3) is 1.69. The zero-order valence-corrected chi connectivity index (χ0v) is 10.0. The Bertz CT molecular complexity index is 561. The molecular formula is C12H15N3O2. The molecule has 1 heterocycles. The molecule has 90 valence electrons. The number of nitrogens with two attached hydrogens (primary N) is 1. The minimum absolute atomic E-state index is 0.176. The fraction of sp³-hybridized carbons (Fsp3) is 0.250. The first kappa shape index (κ1) is 11.3. The summed E-state index contributed by atoms with van der Waals surface area (Å²) >= 11 is 0. The number of aromatic hydroxyl groups is 1. The van der Waals surface area contributed by atoms with Crippen LogP contribution in [-0.2, 0) is 0 Å². The average Bonchev–Trinajstić information content (AvgIpc) is 2.70. The summed E-state index contributed by atoms with van der Waals surface area (Å²) in [5.74, 6) is 1.27. The van der Waals surface area contributed by atoms with Gasteiger partial charge in [-0.2, -0.15) is 5.10 Å². The topological polar surface area (TPSA) is 84.2 Å². The van der Waals surface area contributed by atoms with Crippen LogP contribution in [0.15, 0.2) is 12.3 Å². The van der Waals surface area contributed by atoms with E-state index in [4.69, 9.17) is 10.5 Å². The van der Waals surface area contributed by atoms with Gasteiger partial charge in [0.15, 0.2) is 0 Å². The lowest BCUT2D eigenvalue weighted by atomic mass is 9.98. The van der Waals surface area contributed by atoms with Crippen molar-refractivity contribution in [3.63, 3.8) is 0 Å². The number of nitrogens with one attached hydrogen (secondary N) is 1. The second-order valence-corrected chi connectivity index (χ2v) is 3.94. The van der Waals surface area contributed by atoms with Crippen LogP contribution in [0.3, 0.4) is 0 Å². The third-order valence-electron chi connectivity index (χ3n) is 2.86. The molecule has 2 aromatic rings. The standard InChI is InChI=1S/C12H15N3O2/c1-6-4-9(17-3)7(2)11(16)10(6)8-5-14-15-12(8)13/h4-5,16H,1-3H3,(H3,13,14,15). The van der Waals surface area contributed by atoms with E-state index in [0.29, 0.717) is 28.3 Å². The lowest BCUT2D eigenvalue weighted by molar-refractivity contribution is 0.403. The Morgan fingerprint density at radius 2 is 2.12 bits per heavy atom. The third-order valence-corrected chi connectivity index (χ3v) is 2.86. The summed E-state index contributed by atoms with van der Waals surface area (Å²) in [6.45, 7) is 3.69. The molecule has 0 fully saturated rings. The van der Waals surface area contributed by atoms with Gasteiger partial charge in [0.2, 0.25) is 0 Å². The number of H-pyrrole nitrogens is 1. The molecule has 0 aliphatic carbocycles. The number of hydrogen-bond donors (Lipinski definition) is 3. The fourth-order valence-electron chi connectivity index (χ4n) is 1.92. The maximum absolute atomic E-state index is 10.2. The number of hydrogen-bond acceptors (Lipinski definition) is 4. The molecule has 17 heavy (non-hydrogen) atoms. The van der Waals surface area contributed by atoms with Crippen molar-refractivity contribution in [2.24, 2.45) is 0 Å². The molecule has 4 N–H and O–H groups in total. The normalized spacial score (nSPS) is 10.5. The molecule has 0 saturated heterocycles. The molecule has 0 atom stereocenters. The summed E-state index contributed by atoms with van der Waals surface area (Å²) in [5.41, 5.74) is 8.74. The fourth-order valence-corrected chi connectivity index (χ4v) is 1.92. The molecule has 0 radical (unpaired) electrons. The van der Waals surface area contributed by atoms with Gasteiger partial charge < -0.3 is 15.6 Å². The molecule has 0 saturated carbocycles. The molecule has 0 amide bonds. The zero-order valence-electron chi connectivity index (χ0n) is 10.0. The van der Waals surface area contributed by atoms with Crippen molar-refractivity contribution in [1.82, 2.24) is 10.2 Å². The number of aromatic amines is 1. The van der Waals surface area contributed by atoms with Crippen LogP contribution in [0.5, 0.6) is 11.5 Å². The van der Waals surface area contributed by atoms with E-state index in [1.807, 2.05) is 13.0 Å². The first-order chi connectivity index (χ1) is 8.06. The molecule has 0 aliphatic rings. The Hall–Kier alpha value is -2.17. The van der Waals surface area contributed by atoms with Gasteiger partial charge >= 0.3 is 0 Å². The highest BCUT2D eigenvalue weighted by Crippen LogP contribution is 2.41. The van der Waals surface area contributed by atoms with Crippen LogP contribution in [0.1, 0.15) is 11.1 Å². The van der Waals surface area contributed by atoms with Gasteiger partial charge in [0, 0.05) is 16.7 Å². The molecule has 0 spiro atoms. The predicted octanol–water partition coefficient (Wildman–Crippen LogP) is 1.99. The zero-order chi connectivity index (χ0) is 12.6. The molecule has 1 aromatic carbocycles. The van der Waals surface area contributed by atoms with Gasteiger partial charge in [-0.1, -0.05) is 0 Å². The van der Waals surface area contributed by atoms with Crippen LogP contribution in [0.2, 0.25) is 0 Å². The van der Waals surface area contributed by atoms with Gasteiger partial charge in [-0.25, -0.2) is 0 Å². The summed E-state index contributed by atoms with van der Waals surface area (Å²) in [5, 5.41) is 16.7. The van der Waals surface area contributed by atoms with E-state index >= 15 is 0 Å². The maximum atomic E-state index is 10.2. The molecule has 0 unspecified atom stereocenters. The van der Waals surface area contributed by atoms with Crippen molar-refractivity contribution < 1.29 is 9.84 Å². The number of rotatable bonds is 2. The number of phenolic OH excluding ortho intramolecular Hbond substituents is 1. The maximum Gasteiger partial charge on any atom is 0.130 e. The minimum Gasteiger partial charge on any atom is -0.507 e. The van der Waals surface area contributed by atoms with Crippen molar-refractivity contribution >= 4 is 5.82 Å². The number of phenols is 1. The SMILES string of the molecule is COc1cc(C)c(-c2cn[nH]c2N)c(O)c1C. The van der Waals surface area contributed by atoms with Crippen molar-refractivity contribution in [2.75, 3.05) is 12.8 Å². The predicted molar refractivity (Wildman–Crippen MR) is 66.1 cm³/mol. The van der Waals surface area contributed by atoms with Crippen LogP contribution in [0.25, 0.3) is 11.1 Å². The van der Waals surface area contributed by atoms with Crippen molar-refractivity contribution in [3.05, 3.63) is 23.4 Å². The number of nitrogens with zero attached hydrogens (tertiary/aromatic N) is 1. The lowest BCUT2D eigenvalue weighted by Crippen LogP contribution is -1.94. The Morgan fingerprint density at radius 3 is 2.65 bits per heavy atom. The van der Waals surface area contributed by atoms with Gasteiger partial charge in [-0.3, -0.25) is 5.10 Å². The van der Waals surface area contributed by atoms with Crippen LogP contribution < -0.4 is 10.5 Å². The van der Waals surface area contributed by atoms with E-state index in [-0.39, 0.29) is 5.75 Å². The summed E-state index contributed by atoms with van der Waals surface area (Å²) < 4.78 is 5.19. The Labute approximate surface area is 99.2 Å². The van der Waals surface area contributed by atoms with Crippen molar-refractivity contribution in [3.8, 4) is 22.6 Å². The van der Waals surface area contributed by atoms with E-state index in [1.54, 1.807) is 20.2 Å². The van der Waals surface area contributed by atoms with Crippen LogP contribution in [0, 0.1) is 13.8 Å². The minimum atomic E-state index is 0.176. The Morgan fingerprint density at radius 1 is 1.41 bits per heavy atom. The van der Waals surface area contributed by atoms with E-state index < -0.39 is 0 Å². The van der Waals surface area contributed by atoms with E-state index in [2.05, 4.69) is 10.2 Å². The second kappa shape index (κ2) is 4.01.